The number of rotatable bonds is 6. The molecule has 0 spiro atoms. The first-order chi connectivity index (χ1) is 17.5. The Balaban J connectivity index is 1.54. The van der Waals surface area contributed by atoms with Crippen LogP contribution in [0.2, 0.25) is 0 Å². The van der Waals surface area contributed by atoms with E-state index in [4.69, 9.17) is 9.47 Å². The van der Waals surface area contributed by atoms with Crippen LogP contribution in [-0.4, -0.2) is 40.7 Å². The Hall–Kier alpha value is -4.72. The standard InChI is InChI=1S/C28H23N3O5/c1-35-27(33)18-7-9-21(28(34)36-2)22(14-18)17-8-10-25-23(13-17)26(32)31(16-30-25)12-11-19-15-29-24-6-4-3-5-20(19)24/h3-10,13-16,29H,11-12H2,1-2H3. The molecule has 0 aliphatic rings. The van der Waals surface area contributed by atoms with Crippen molar-refractivity contribution in [1.82, 2.24) is 14.5 Å². The Labute approximate surface area is 206 Å². The summed E-state index contributed by atoms with van der Waals surface area (Å²) in [4.78, 5) is 45.6. The number of ether oxygens (including phenoxy) is 2. The number of aromatic amines is 1. The Morgan fingerprint density at radius 1 is 0.944 bits per heavy atom. The Morgan fingerprint density at radius 2 is 1.75 bits per heavy atom. The molecular formula is C28H23N3O5. The maximum absolute atomic E-state index is 13.4. The first-order valence-corrected chi connectivity index (χ1v) is 11.4. The molecule has 0 amide bonds. The molecule has 0 aliphatic carbocycles. The Morgan fingerprint density at radius 3 is 2.56 bits per heavy atom. The van der Waals surface area contributed by atoms with Crippen LogP contribution >= 0.6 is 0 Å². The third-order valence-corrected chi connectivity index (χ3v) is 6.28. The van der Waals surface area contributed by atoms with Crippen molar-refractivity contribution >= 4 is 33.7 Å². The van der Waals surface area contributed by atoms with Crippen LogP contribution in [0, 0.1) is 0 Å². The van der Waals surface area contributed by atoms with Gasteiger partial charge >= 0.3 is 11.9 Å². The summed E-state index contributed by atoms with van der Waals surface area (Å²) in [5.41, 5.74) is 4.12. The number of nitrogens with one attached hydrogen (secondary N) is 1. The van der Waals surface area contributed by atoms with Crippen LogP contribution in [0.5, 0.6) is 0 Å². The van der Waals surface area contributed by atoms with Crippen LogP contribution in [0.4, 0.5) is 0 Å². The van der Waals surface area contributed by atoms with Gasteiger partial charge in [0.05, 0.1) is 42.6 Å². The summed E-state index contributed by atoms with van der Waals surface area (Å²) in [6.45, 7) is 0.457. The van der Waals surface area contributed by atoms with Gasteiger partial charge in [-0.15, -0.1) is 0 Å². The highest BCUT2D eigenvalue weighted by molar-refractivity contribution is 6.01. The quantitative estimate of drug-likeness (QED) is 0.362. The molecule has 8 heteroatoms. The SMILES string of the molecule is COC(=O)c1ccc(C(=O)OC)c(-c2ccc3ncn(CCc4c[nH]c5ccccc45)c(=O)c3c2)c1. The third kappa shape index (κ3) is 4.13. The van der Waals surface area contributed by atoms with E-state index in [1.807, 2.05) is 24.4 Å². The summed E-state index contributed by atoms with van der Waals surface area (Å²) in [6, 6.07) is 17.8. The van der Waals surface area contributed by atoms with Gasteiger partial charge in [-0.05, 0) is 59.5 Å². The van der Waals surface area contributed by atoms with Crippen molar-refractivity contribution in [1.29, 1.82) is 0 Å². The zero-order valence-electron chi connectivity index (χ0n) is 19.8. The Kier molecular flexibility index (Phi) is 6.08. The predicted octanol–water partition coefficient (Wildman–Crippen LogP) is 4.36. The van der Waals surface area contributed by atoms with Crippen molar-refractivity contribution in [2.45, 2.75) is 13.0 Å². The van der Waals surface area contributed by atoms with Gasteiger partial charge in [0.15, 0.2) is 0 Å². The van der Waals surface area contributed by atoms with Gasteiger partial charge in [0.1, 0.15) is 0 Å². The summed E-state index contributed by atoms with van der Waals surface area (Å²) in [5, 5.41) is 1.54. The van der Waals surface area contributed by atoms with Gasteiger partial charge in [-0.3, -0.25) is 9.36 Å². The summed E-state index contributed by atoms with van der Waals surface area (Å²) in [6.07, 6.45) is 4.17. The number of para-hydroxylation sites is 1. The van der Waals surface area contributed by atoms with Gasteiger partial charge in [-0.25, -0.2) is 14.6 Å². The van der Waals surface area contributed by atoms with Crippen LogP contribution in [-0.2, 0) is 22.4 Å². The van der Waals surface area contributed by atoms with Crippen molar-refractivity contribution in [3.8, 4) is 11.1 Å². The van der Waals surface area contributed by atoms with Gasteiger partial charge in [-0.2, -0.15) is 0 Å². The number of nitrogens with zero attached hydrogens (tertiary/aromatic N) is 2. The van der Waals surface area contributed by atoms with Crippen molar-refractivity contribution < 1.29 is 19.1 Å². The third-order valence-electron chi connectivity index (χ3n) is 6.28. The fraction of sp³-hybridized carbons (Fsp3) is 0.143. The summed E-state index contributed by atoms with van der Waals surface area (Å²) in [7, 11) is 2.58. The molecule has 0 bridgehead atoms. The van der Waals surface area contributed by atoms with Gasteiger partial charge in [0.25, 0.3) is 5.56 Å². The van der Waals surface area contributed by atoms with Crippen molar-refractivity contribution in [2.24, 2.45) is 0 Å². The van der Waals surface area contributed by atoms with Crippen molar-refractivity contribution in [3.63, 3.8) is 0 Å². The normalized spacial score (nSPS) is 11.1. The second-order valence-corrected chi connectivity index (χ2v) is 8.33. The lowest BCUT2D eigenvalue weighted by Crippen LogP contribution is -2.21. The van der Waals surface area contributed by atoms with Crippen LogP contribution in [0.15, 0.2) is 78.0 Å². The van der Waals surface area contributed by atoms with Crippen molar-refractivity contribution in [2.75, 3.05) is 14.2 Å². The topological polar surface area (TPSA) is 103 Å². The van der Waals surface area contributed by atoms with Gasteiger partial charge in [0, 0.05) is 23.6 Å². The highest BCUT2D eigenvalue weighted by atomic mass is 16.5. The monoisotopic (exact) mass is 481 g/mol. The van der Waals surface area contributed by atoms with Gasteiger partial charge in [0.2, 0.25) is 0 Å². The van der Waals surface area contributed by atoms with E-state index >= 15 is 0 Å². The lowest BCUT2D eigenvalue weighted by atomic mass is 9.96. The minimum atomic E-state index is -0.552. The van der Waals surface area contributed by atoms with Crippen LogP contribution in [0.3, 0.4) is 0 Å². The second kappa shape index (κ2) is 9.50. The average Bonchev–Trinajstić information content (AvgIpc) is 3.34. The molecule has 3 aromatic carbocycles. The molecule has 5 aromatic rings. The summed E-state index contributed by atoms with van der Waals surface area (Å²) < 4.78 is 11.3. The zero-order chi connectivity index (χ0) is 25.2. The van der Waals surface area contributed by atoms with E-state index in [2.05, 4.69) is 16.0 Å². The maximum atomic E-state index is 13.4. The average molecular weight is 482 g/mol. The molecule has 0 unspecified atom stereocenters. The second-order valence-electron chi connectivity index (χ2n) is 8.33. The van der Waals surface area contributed by atoms with Crippen LogP contribution < -0.4 is 5.56 Å². The van der Waals surface area contributed by atoms with Gasteiger partial charge < -0.3 is 14.5 Å². The number of benzene rings is 3. The molecule has 36 heavy (non-hydrogen) atoms. The molecule has 2 aromatic heterocycles. The lowest BCUT2D eigenvalue weighted by molar-refractivity contribution is 0.0587. The maximum Gasteiger partial charge on any atom is 0.338 e. The van der Waals surface area contributed by atoms with E-state index in [9.17, 15) is 14.4 Å². The number of esters is 2. The highest BCUT2D eigenvalue weighted by Gasteiger charge is 2.18. The number of H-pyrrole nitrogens is 1. The summed E-state index contributed by atoms with van der Waals surface area (Å²) in [5.74, 6) is -1.08. The van der Waals surface area contributed by atoms with E-state index in [1.165, 1.54) is 26.4 Å². The van der Waals surface area contributed by atoms with E-state index in [-0.39, 0.29) is 16.7 Å². The zero-order valence-corrected chi connectivity index (χ0v) is 19.8. The Bertz CT molecular complexity index is 1680. The van der Waals surface area contributed by atoms with Crippen LogP contribution in [0.25, 0.3) is 32.9 Å². The number of methoxy groups -OCH3 is 2. The number of aryl methyl sites for hydroxylation is 2. The molecule has 0 saturated carbocycles. The minimum absolute atomic E-state index is 0.189. The number of hydrogen-bond donors (Lipinski definition) is 1. The fourth-order valence-electron chi connectivity index (χ4n) is 4.38. The largest absolute Gasteiger partial charge is 0.465 e. The van der Waals surface area contributed by atoms with E-state index in [0.29, 0.717) is 35.0 Å². The van der Waals surface area contributed by atoms with Crippen molar-refractivity contribution in [3.05, 3.63) is 100 Å². The molecule has 5 rings (SSSR count). The minimum Gasteiger partial charge on any atom is -0.465 e. The molecule has 2 heterocycles. The number of carbonyl (C=O) groups excluding carboxylic acids is 2. The first-order valence-electron chi connectivity index (χ1n) is 11.4. The van der Waals surface area contributed by atoms with Crippen LogP contribution in [0.1, 0.15) is 26.3 Å². The molecule has 0 radical (unpaired) electrons. The first kappa shape index (κ1) is 23.0. The van der Waals surface area contributed by atoms with E-state index in [0.717, 1.165) is 16.5 Å². The number of hydrogen-bond acceptors (Lipinski definition) is 6. The van der Waals surface area contributed by atoms with E-state index in [1.54, 1.807) is 35.2 Å². The lowest BCUT2D eigenvalue weighted by Gasteiger charge is -2.12. The fourth-order valence-corrected chi connectivity index (χ4v) is 4.38. The molecule has 0 atom stereocenters. The molecule has 0 fully saturated rings. The molecule has 0 aliphatic heterocycles. The number of fused-ring (bicyclic) bond motifs is 2. The molecular weight excluding hydrogens is 458 g/mol. The smallest absolute Gasteiger partial charge is 0.338 e. The highest BCUT2D eigenvalue weighted by Crippen LogP contribution is 2.28. The van der Waals surface area contributed by atoms with E-state index < -0.39 is 11.9 Å². The molecule has 180 valence electrons. The number of carbonyl (C=O) groups is 2. The molecule has 0 saturated heterocycles. The number of aromatic nitrogens is 3. The summed E-state index contributed by atoms with van der Waals surface area (Å²) >= 11 is 0. The van der Waals surface area contributed by atoms with Gasteiger partial charge in [-0.1, -0.05) is 24.3 Å². The molecule has 1 N–H and O–H groups in total. The predicted molar refractivity (Wildman–Crippen MR) is 136 cm³/mol. The molecule has 8 nitrogen and oxygen atoms in total.